The molecule has 1 aliphatic rings. The number of aromatic nitrogens is 4. The minimum Gasteiger partial charge on any atom is -0.393 e. The summed E-state index contributed by atoms with van der Waals surface area (Å²) < 4.78 is 0. The quantitative estimate of drug-likeness (QED) is 0.698. The van der Waals surface area contributed by atoms with Crippen LogP contribution in [0.15, 0.2) is 6.33 Å². The summed E-state index contributed by atoms with van der Waals surface area (Å²) in [7, 11) is 0. The predicted molar refractivity (Wildman–Crippen MR) is 68.1 cm³/mol. The molecule has 0 amide bonds. The number of rotatable bonds is 2. The van der Waals surface area contributed by atoms with Gasteiger partial charge >= 0.3 is 0 Å². The number of nitrogen functional groups attached to an aromatic ring is 1. The van der Waals surface area contributed by atoms with Gasteiger partial charge in [-0.2, -0.15) is 9.97 Å². The number of H-pyrrole nitrogens is 1. The molecular weight excluding hydrogens is 232 g/mol. The lowest BCUT2D eigenvalue weighted by molar-refractivity contribution is 0.136. The topological polar surface area (TPSA) is 104 Å². The lowest BCUT2D eigenvalue weighted by atomic mass is 10.0. The number of anilines is 2. The van der Waals surface area contributed by atoms with E-state index >= 15 is 0 Å². The number of aliphatic hydroxyl groups is 1. The van der Waals surface area contributed by atoms with Crippen molar-refractivity contribution in [2.24, 2.45) is 5.92 Å². The van der Waals surface area contributed by atoms with Crippen LogP contribution < -0.4 is 10.6 Å². The zero-order chi connectivity index (χ0) is 12.7. The van der Waals surface area contributed by atoms with Crippen molar-refractivity contribution in [1.29, 1.82) is 0 Å². The Balaban J connectivity index is 1.97. The maximum Gasteiger partial charge on any atom is 0.224 e. The number of imidazole rings is 1. The molecule has 2 unspecified atom stereocenters. The Morgan fingerprint density at radius 1 is 1.56 bits per heavy atom. The van der Waals surface area contributed by atoms with E-state index in [1.165, 1.54) is 0 Å². The molecule has 1 saturated heterocycles. The van der Waals surface area contributed by atoms with Gasteiger partial charge in [0.25, 0.3) is 0 Å². The minimum atomic E-state index is -0.300. The zero-order valence-corrected chi connectivity index (χ0v) is 10.2. The van der Waals surface area contributed by atoms with Crippen LogP contribution in [-0.2, 0) is 0 Å². The molecule has 0 bridgehead atoms. The first kappa shape index (κ1) is 11.2. The van der Waals surface area contributed by atoms with E-state index in [0.717, 1.165) is 30.8 Å². The Labute approximate surface area is 104 Å². The molecule has 0 spiro atoms. The Hall–Kier alpha value is -1.89. The molecule has 0 saturated carbocycles. The summed E-state index contributed by atoms with van der Waals surface area (Å²) in [5.41, 5.74) is 7.08. The summed E-state index contributed by atoms with van der Waals surface area (Å²) in [6.45, 7) is 3.47. The largest absolute Gasteiger partial charge is 0.393 e. The highest BCUT2D eigenvalue weighted by Gasteiger charge is 2.28. The molecule has 0 aromatic carbocycles. The van der Waals surface area contributed by atoms with Gasteiger partial charge in [0.2, 0.25) is 5.95 Å². The monoisotopic (exact) mass is 248 g/mol. The first-order valence-electron chi connectivity index (χ1n) is 6.05. The lowest BCUT2D eigenvalue weighted by Crippen LogP contribution is -2.25. The molecule has 2 aromatic heterocycles. The SMILES string of the molecule is CC(O)C1CCN(c2nc(N)nc3nc[nH]c23)C1. The third-order valence-corrected chi connectivity index (χ3v) is 3.49. The number of hydrogen-bond acceptors (Lipinski definition) is 6. The maximum absolute atomic E-state index is 9.64. The molecule has 0 aliphatic carbocycles. The third-order valence-electron chi connectivity index (χ3n) is 3.49. The van der Waals surface area contributed by atoms with Gasteiger partial charge in [-0.25, -0.2) is 4.98 Å². The summed E-state index contributed by atoms with van der Waals surface area (Å²) in [5, 5.41) is 9.64. The minimum absolute atomic E-state index is 0.227. The van der Waals surface area contributed by atoms with Gasteiger partial charge < -0.3 is 20.7 Å². The Kier molecular flexibility index (Phi) is 2.55. The first-order valence-corrected chi connectivity index (χ1v) is 6.05. The molecule has 2 aromatic rings. The maximum atomic E-state index is 9.64. The molecule has 2 atom stereocenters. The Bertz CT molecular complexity index is 566. The Morgan fingerprint density at radius 2 is 2.39 bits per heavy atom. The highest BCUT2D eigenvalue weighted by atomic mass is 16.3. The number of aromatic amines is 1. The van der Waals surface area contributed by atoms with E-state index in [9.17, 15) is 5.11 Å². The predicted octanol–water partition coefficient (Wildman–Crippen LogP) is 0.142. The fraction of sp³-hybridized carbons (Fsp3) is 0.545. The van der Waals surface area contributed by atoms with Crippen LogP contribution in [0.25, 0.3) is 11.2 Å². The van der Waals surface area contributed by atoms with Crippen LogP contribution in [-0.4, -0.2) is 44.2 Å². The number of fused-ring (bicyclic) bond motifs is 1. The smallest absolute Gasteiger partial charge is 0.224 e. The van der Waals surface area contributed by atoms with Crippen molar-refractivity contribution in [2.45, 2.75) is 19.4 Å². The van der Waals surface area contributed by atoms with E-state index in [1.54, 1.807) is 6.33 Å². The van der Waals surface area contributed by atoms with Crippen molar-refractivity contribution in [1.82, 2.24) is 19.9 Å². The fourth-order valence-electron chi connectivity index (χ4n) is 2.44. The molecule has 7 nitrogen and oxygen atoms in total. The molecule has 4 N–H and O–H groups in total. The third kappa shape index (κ3) is 1.76. The van der Waals surface area contributed by atoms with Crippen molar-refractivity contribution in [3.8, 4) is 0 Å². The van der Waals surface area contributed by atoms with Gasteiger partial charge in [0, 0.05) is 19.0 Å². The zero-order valence-electron chi connectivity index (χ0n) is 10.2. The van der Waals surface area contributed by atoms with Crippen LogP contribution in [0.5, 0.6) is 0 Å². The van der Waals surface area contributed by atoms with E-state index in [-0.39, 0.29) is 18.0 Å². The van der Waals surface area contributed by atoms with Gasteiger partial charge in [-0.3, -0.25) is 0 Å². The molecule has 18 heavy (non-hydrogen) atoms. The first-order chi connectivity index (χ1) is 8.65. The van der Waals surface area contributed by atoms with Crippen molar-refractivity contribution < 1.29 is 5.11 Å². The number of aliphatic hydroxyl groups excluding tert-OH is 1. The van der Waals surface area contributed by atoms with Gasteiger partial charge in [-0.05, 0) is 13.3 Å². The van der Waals surface area contributed by atoms with Gasteiger partial charge in [0.1, 0.15) is 5.52 Å². The molecule has 1 fully saturated rings. The molecule has 1 aliphatic heterocycles. The molecule has 3 rings (SSSR count). The van der Waals surface area contributed by atoms with Crippen LogP contribution >= 0.6 is 0 Å². The summed E-state index contributed by atoms with van der Waals surface area (Å²) in [5.74, 6) is 1.28. The second kappa shape index (κ2) is 4.09. The van der Waals surface area contributed by atoms with Gasteiger partial charge in [-0.15, -0.1) is 0 Å². The number of nitrogens with two attached hydrogens (primary N) is 1. The normalized spacial score (nSPS) is 21.7. The standard InChI is InChI=1S/C11H16N6O/c1-6(18)7-2-3-17(4-7)10-8-9(14-5-13-8)15-11(12)16-10/h5-7,18H,2-4H2,1H3,(H3,12,13,14,15,16). The number of nitrogens with zero attached hydrogens (tertiary/aromatic N) is 4. The Morgan fingerprint density at radius 3 is 3.11 bits per heavy atom. The second-order valence-electron chi connectivity index (χ2n) is 4.74. The highest BCUT2D eigenvalue weighted by Crippen LogP contribution is 2.28. The van der Waals surface area contributed by atoms with E-state index in [4.69, 9.17) is 5.73 Å². The van der Waals surface area contributed by atoms with Crippen LogP contribution in [0.2, 0.25) is 0 Å². The van der Waals surface area contributed by atoms with Crippen LogP contribution in [0.4, 0.5) is 11.8 Å². The van der Waals surface area contributed by atoms with E-state index in [0.29, 0.717) is 5.65 Å². The lowest BCUT2D eigenvalue weighted by Gasteiger charge is -2.19. The van der Waals surface area contributed by atoms with Crippen molar-refractivity contribution in [2.75, 3.05) is 23.7 Å². The van der Waals surface area contributed by atoms with Gasteiger partial charge in [0.15, 0.2) is 11.5 Å². The van der Waals surface area contributed by atoms with Crippen molar-refractivity contribution in [3.63, 3.8) is 0 Å². The molecule has 7 heteroatoms. The van der Waals surface area contributed by atoms with Crippen molar-refractivity contribution in [3.05, 3.63) is 6.33 Å². The highest BCUT2D eigenvalue weighted by molar-refractivity contribution is 5.84. The number of nitrogens with one attached hydrogen (secondary N) is 1. The fourth-order valence-corrected chi connectivity index (χ4v) is 2.44. The molecule has 0 radical (unpaired) electrons. The van der Waals surface area contributed by atoms with E-state index in [1.807, 2.05) is 6.92 Å². The average Bonchev–Trinajstić information content (AvgIpc) is 2.95. The van der Waals surface area contributed by atoms with E-state index in [2.05, 4.69) is 24.8 Å². The summed E-state index contributed by atoms with van der Waals surface area (Å²) >= 11 is 0. The molecular formula is C11H16N6O. The average molecular weight is 248 g/mol. The molecule has 3 heterocycles. The summed E-state index contributed by atoms with van der Waals surface area (Å²) in [6, 6.07) is 0. The second-order valence-corrected chi connectivity index (χ2v) is 4.74. The number of hydrogen-bond donors (Lipinski definition) is 3. The summed E-state index contributed by atoms with van der Waals surface area (Å²) in [6.07, 6.45) is 2.24. The van der Waals surface area contributed by atoms with Crippen molar-refractivity contribution >= 4 is 22.9 Å². The van der Waals surface area contributed by atoms with E-state index < -0.39 is 0 Å². The van der Waals surface area contributed by atoms with Crippen LogP contribution in [0, 0.1) is 5.92 Å². The summed E-state index contributed by atoms with van der Waals surface area (Å²) in [4.78, 5) is 17.6. The molecule has 96 valence electrons. The van der Waals surface area contributed by atoms with Gasteiger partial charge in [-0.1, -0.05) is 0 Å². The van der Waals surface area contributed by atoms with Crippen LogP contribution in [0.1, 0.15) is 13.3 Å². The van der Waals surface area contributed by atoms with Crippen LogP contribution in [0.3, 0.4) is 0 Å². The van der Waals surface area contributed by atoms with Gasteiger partial charge in [0.05, 0.1) is 12.4 Å².